The van der Waals surface area contributed by atoms with Gasteiger partial charge in [-0.1, -0.05) is 12.1 Å². The Hall–Kier alpha value is -2.41. The Kier molecular flexibility index (Phi) is 4.57. The molecule has 2 aromatic carbocycles. The van der Waals surface area contributed by atoms with Crippen LogP contribution in [0.1, 0.15) is 11.4 Å². The average molecular weight is 374 g/mol. The summed E-state index contributed by atoms with van der Waals surface area (Å²) in [6, 6.07) is 14.0. The number of tetrazole rings is 1. The summed E-state index contributed by atoms with van der Waals surface area (Å²) in [4.78, 5) is 0. The second-order valence-electron chi connectivity index (χ2n) is 5.01. The van der Waals surface area contributed by atoms with E-state index in [1.807, 2.05) is 49.4 Å². The van der Waals surface area contributed by atoms with Gasteiger partial charge in [0.2, 0.25) is 0 Å². The number of benzene rings is 2. The van der Waals surface area contributed by atoms with Crippen molar-refractivity contribution in [1.82, 2.24) is 20.2 Å². The number of anilines is 1. The van der Waals surface area contributed by atoms with Gasteiger partial charge >= 0.3 is 0 Å². The van der Waals surface area contributed by atoms with Gasteiger partial charge in [-0.05, 0) is 69.2 Å². The Morgan fingerprint density at radius 2 is 2.09 bits per heavy atom. The standard InChI is InChI=1S/C16H16BrN5O/c1-11-19-20-21-22(11)14-5-3-4-13(9-14)18-10-12-6-7-16(23-2)15(17)8-12/h3-9,18H,10H2,1-2H3. The van der Waals surface area contributed by atoms with Crippen LogP contribution in [-0.4, -0.2) is 27.3 Å². The van der Waals surface area contributed by atoms with Crippen molar-refractivity contribution in [3.63, 3.8) is 0 Å². The molecule has 1 aromatic heterocycles. The summed E-state index contributed by atoms with van der Waals surface area (Å²) in [5, 5.41) is 15.0. The van der Waals surface area contributed by atoms with E-state index in [1.54, 1.807) is 11.8 Å². The Balaban J connectivity index is 1.74. The lowest BCUT2D eigenvalue weighted by molar-refractivity contribution is 0.412. The zero-order valence-electron chi connectivity index (χ0n) is 12.8. The fourth-order valence-corrected chi connectivity index (χ4v) is 2.83. The highest BCUT2D eigenvalue weighted by Gasteiger charge is 2.05. The number of nitrogens with one attached hydrogen (secondary N) is 1. The summed E-state index contributed by atoms with van der Waals surface area (Å²) in [5.74, 6) is 1.58. The minimum Gasteiger partial charge on any atom is -0.496 e. The summed E-state index contributed by atoms with van der Waals surface area (Å²) >= 11 is 3.50. The van der Waals surface area contributed by atoms with Crippen molar-refractivity contribution in [2.45, 2.75) is 13.5 Å². The Bertz CT molecular complexity index is 818. The van der Waals surface area contributed by atoms with E-state index in [0.29, 0.717) is 6.54 Å². The van der Waals surface area contributed by atoms with E-state index in [2.05, 4.69) is 36.8 Å². The van der Waals surface area contributed by atoms with Crippen LogP contribution in [0.3, 0.4) is 0 Å². The van der Waals surface area contributed by atoms with Crippen LogP contribution in [-0.2, 0) is 6.54 Å². The van der Waals surface area contributed by atoms with Gasteiger partial charge in [-0.3, -0.25) is 0 Å². The molecule has 3 rings (SSSR count). The lowest BCUT2D eigenvalue weighted by atomic mass is 10.2. The van der Waals surface area contributed by atoms with Gasteiger partial charge in [0.05, 0.1) is 17.3 Å². The minimum atomic E-state index is 0.709. The molecule has 0 saturated carbocycles. The number of hydrogen-bond donors (Lipinski definition) is 1. The second kappa shape index (κ2) is 6.78. The molecule has 118 valence electrons. The number of halogens is 1. The SMILES string of the molecule is COc1ccc(CNc2cccc(-n3nnnc3C)c2)cc1Br. The number of hydrogen-bond acceptors (Lipinski definition) is 5. The highest BCUT2D eigenvalue weighted by molar-refractivity contribution is 9.10. The molecule has 0 unspecified atom stereocenters. The van der Waals surface area contributed by atoms with E-state index >= 15 is 0 Å². The molecular weight excluding hydrogens is 358 g/mol. The summed E-state index contributed by atoms with van der Waals surface area (Å²) in [6.45, 7) is 2.58. The molecule has 0 bridgehead atoms. The zero-order chi connectivity index (χ0) is 16.2. The Labute approximate surface area is 142 Å². The molecule has 23 heavy (non-hydrogen) atoms. The molecule has 6 nitrogen and oxygen atoms in total. The molecule has 0 radical (unpaired) electrons. The maximum Gasteiger partial charge on any atom is 0.153 e. The minimum absolute atomic E-state index is 0.709. The van der Waals surface area contributed by atoms with Gasteiger partial charge in [-0.25, -0.2) is 0 Å². The summed E-state index contributed by atoms with van der Waals surface area (Å²) in [6.07, 6.45) is 0. The Morgan fingerprint density at radius 3 is 2.78 bits per heavy atom. The molecular formula is C16H16BrN5O. The van der Waals surface area contributed by atoms with Crippen LogP contribution in [0, 0.1) is 6.92 Å². The lowest BCUT2D eigenvalue weighted by Crippen LogP contribution is -2.03. The topological polar surface area (TPSA) is 64.9 Å². The largest absolute Gasteiger partial charge is 0.496 e. The molecule has 0 amide bonds. The van der Waals surface area contributed by atoms with Crippen molar-refractivity contribution < 1.29 is 4.74 Å². The Morgan fingerprint density at radius 1 is 1.22 bits per heavy atom. The number of methoxy groups -OCH3 is 1. The molecule has 1 N–H and O–H groups in total. The maximum atomic E-state index is 5.24. The van der Waals surface area contributed by atoms with Crippen molar-refractivity contribution in [3.05, 3.63) is 58.3 Å². The zero-order valence-corrected chi connectivity index (χ0v) is 14.4. The van der Waals surface area contributed by atoms with Crippen molar-refractivity contribution in [2.24, 2.45) is 0 Å². The van der Waals surface area contributed by atoms with Gasteiger partial charge in [0.1, 0.15) is 5.75 Å². The van der Waals surface area contributed by atoms with Gasteiger partial charge in [-0.2, -0.15) is 4.68 Å². The first-order chi connectivity index (χ1) is 11.2. The van der Waals surface area contributed by atoms with Crippen molar-refractivity contribution in [2.75, 3.05) is 12.4 Å². The molecule has 0 aliphatic heterocycles. The fourth-order valence-electron chi connectivity index (χ4n) is 2.24. The highest BCUT2D eigenvalue weighted by atomic mass is 79.9. The van der Waals surface area contributed by atoms with Crippen LogP contribution in [0.5, 0.6) is 5.75 Å². The van der Waals surface area contributed by atoms with Crippen LogP contribution < -0.4 is 10.1 Å². The smallest absolute Gasteiger partial charge is 0.153 e. The van der Waals surface area contributed by atoms with Gasteiger partial charge < -0.3 is 10.1 Å². The highest BCUT2D eigenvalue weighted by Crippen LogP contribution is 2.26. The van der Waals surface area contributed by atoms with Crippen LogP contribution in [0.2, 0.25) is 0 Å². The van der Waals surface area contributed by atoms with E-state index in [0.717, 1.165) is 33.0 Å². The van der Waals surface area contributed by atoms with Crippen LogP contribution in [0.4, 0.5) is 5.69 Å². The van der Waals surface area contributed by atoms with E-state index in [-0.39, 0.29) is 0 Å². The predicted octanol–water partition coefficient (Wildman–Crippen LogP) is 3.35. The van der Waals surface area contributed by atoms with E-state index in [9.17, 15) is 0 Å². The molecule has 0 aliphatic carbocycles. The van der Waals surface area contributed by atoms with E-state index in [4.69, 9.17) is 4.74 Å². The normalized spacial score (nSPS) is 10.6. The van der Waals surface area contributed by atoms with Gasteiger partial charge in [0.15, 0.2) is 5.82 Å². The number of nitrogens with zero attached hydrogens (tertiary/aromatic N) is 4. The second-order valence-corrected chi connectivity index (χ2v) is 5.87. The molecule has 1 heterocycles. The van der Waals surface area contributed by atoms with E-state index < -0.39 is 0 Å². The fraction of sp³-hybridized carbons (Fsp3) is 0.188. The number of rotatable bonds is 5. The first kappa shape index (κ1) is 15.5. The number of ether oxygens (including phenoxy) is 1. The maximum absolute atomic E-state index is 5.24. The molecule has 0 atom stereocenters. The monoisotopic (exact) mass is 373 g/mol. The average Bonchev–Trinajstić information content (AvgIpc) is 2.99. The third-order valence-electron chi connectivity index (χ3n) is 3.43. The quantitative estimate of drug-likeness (QED) is 0.742. The molecule has 7 heteroatoms. The first-order valence-corrected chi connectivity index (χ1v) is 7.88. The molecule has 0 spiro atoms. The third-order valence-corrected chi connectivity index (χ3v) is 4.05. The van der Waals surface area contributed by atoms with Gasteiger partial charge in [-0.15, -0.1) is 5.10 Å². The number of aryl methyl sites for hydroxylation is 1. The lowest BCUT2D eigenvalue weighted by Gasteiger charge is -2.10. The van der Waals surface area contributed by atoms with Crippen LogP contribution in [0.15, 0.2) is 46.9 Å². The van der Waals surface area contributed by atoms with Crippen LogP contribution in [0.25, 0.3) is 5.69 Å². The molecule has 0 fully saturated rings. The van der Waals surface area contributed by atoms with Crippen LogP contribution >= 0.6 is 15.9 Å². The summed E-state index contributed by atoms with van der Waals surface area (Å²) in [7, 11) is 1.66. The summed E-state index contributed by atoms with van der Waals surface area (Å²) < 4.78 is 7.89. The number of aromatic nitrogens is 4. The van der Waals surface area contributed by atoms with Crippen molar-refractivity contribution in [1.29, 1.82) is 0 Å². The third kappa shape index (κ3) is 3.50. The summed E-state index contributed by atoms with van der Waals surface area (Å²) in [5.41, 5.74) is 3.08. The molecule has 3 aromatic rings. The van der Waals surface area contributed by atoms with Crippen molar-refractivity contribution >= 4 is 21.6 Å². The predicted molar refractivity (Wildman–Crippen MR) is 91.9 cm³/mol. The van der Waals surface area contributed by atoms with E-state index in [1.165, 1.54) is 0 Å². The van der Waals surface area contributed by atoms with Crippen molar-refractivity contribution in [3.8, 4) is 11.4 Å². The molecule has 0 aliphatic rings. The molecule has 0 saturated heterocycles. The van der Waals surface area contributed by atoms with Gasteiger partial charge in [0.25, 0.3) is 0 Å². The first-order valence-electron chi connectivity index (χ1n) is 7.09. The van der Waals surface area contributed by atoms with Gasteiger partial charge in [0, 0.05) is 12.2 Å².